The second-order valence-electron chi connectivity index (χ2n) is 3.42. The number of benzene rings is 1. The summed E-state index contributed by atoms with van der Waals surface area (Å²) in [5.41, 5.74) is 0. The molecule has 4 heteroatoms. The molecule has 0 bridgehead atoms. The van der Waals surface area contributed by atoms with Crippen LogP contribution < -0.4 is 21.7 Å². The van der Waals surface area contributed by atoms with E-state index in [2.05, 4.69) is 19.9 Å². The molecule has 0 amide bonds. The molecule has 1 nitrogen and oxygen atoms in total. The molecule has 0 aliphatic heterocycles. The van der Waals surface area contributed by atoms with Crippen molar-refractivity contribution in [1.82, 2.24) is 0 Å². The quantitative estimate of drug-likeness (QED) is 0.544. The molecule has 0 N–H and O–H groups in total. The number of rotatable bonds is 4. The van der Waals surface area contributed by atoms with Gasteiger partial charge in [0.05, 0.1) is 6.61 Å². The van der Waals surface area contributed by atoms with Crippen LogP contribution in [-0.4, -0.2) is 29.7 Å². The molecule has 0 heterocycles. The zero-order valence-electron chi connectivity index (χ0n) is 9.09. The first-order chi connectivity index (χ1) is 6.18. The van der Waals surface area contributed by atoms with E-state index in [0.717, 1.165) is 6.42 Å². The van der Waals surface area contributed by atoms with E-state index >= 15 is 0 Å². The molecule has 1 aromatic rings. The topological polar surface area (TPSA) is 9.23 Å². The van der Waals surface area contributed by atoms with Crippen molar-refractivity contribution in [3.05, 3.63) is 30.1 Å². The van der Waals surface area contributed by atoms with Gasteiger partial charge in [-0.1, -0.05) is 19.9 Å². The van der Waals surface area contributed by atoms with Crippen LogP contribution in [-0.2, 0) is 0 Å². The Bertz CT molecular complexity index is 269. The summed E-state index contributed by atoms with van der Waals surface area (Å²) < 4.78 is 18.0. The molecule has 1 aromatic carbocycles. The van der Waals surface area contributed by atoms with Crippen molar-refractivity contribution in [1.29, 1.82) is 0 Å². The molecule has 0 unspecified atom stereocenters. The molecule has 0 saturated heterocycles. The van der Waals surface area contributed by atoms with E-state index in [0.29, 0.717) is 18.3 Å². The van der Waals surface area contributed by atoms with Crippen LogP contribution in [0.3, 0.4) is 0 Å². The fourth-order valence-electron chi connectivity index (χ4n) is 0.918. The van der Waals surface area contributed by atoms with Gasteiger partial charge in [0.15, 0.2) is 0 Å². The standard InChI is InChI=1S/C11H14FO.BrH.Mg/c1-9(2)6-7-13-11-5-3-4-10(12)8-11;;/h4-5,8-9H,6-7H2,1-2H3;1H;/q-1;;+2/p-1. The first kappa shape index (κ1) is 17.6. The van der Waals surface area contributed by atoms with Gasteiger partial charge in [-0.25, -0.2) is 0 Å². The minimum absolute atomic E-state index is 0. The zero-order valence-corrected chi connectivity index (χ0v) is 12.1. The molecule has 80 valence electrons. The van der Waals surface area contributed by atoms with Gasteiger partial charge in [-0.15, -0.1) is 12.1 Å². The Hall–Kier alpha value is 0.196. The maximum absolute atomic E-state index is 12.6. The number of hydrogen-bond donors (Lipinski definition) is 0. The SMILES string of the molecule is CC(C)CCOc1c[c-]cc(F)c1.[Br-].[Mg+2]. The van der Waals surface area contributed by atoms with E-state index in [1.54, 1.807) is 6.07 Å². The van der Waals surface area contributed by atoms with Crippen LogP contribution in [0, 0.1) is 17.8 Å². The van der Waals surface area contributed by atoms with Crippen LogP contribution in [0.25, 0.3) is 0 Å². The smallest absolute Gasteiger partial charge is 1.00 e. The van der Waals surface area contributed by atoms with Gasteiger partial charge >= 0.3 is 23.1 Å². The van der Waals surface area contributed by atoms with Crippen molar-refractivity contribution in [2.45, 2.75) is 20.3 Å². The Morgan fingerprint density at radius 1 is 1.40 bits per heavy atom. The summed E-state index contributed by atoms with van der Waals surface area (Å²) in [6.07, 6.45) is 0.983. The minimum atomic E-state index is -0.304. The molecule has 0 aliphatic carbocycles. The van der Waals surface area contributed by atoms with E-state index in [9.17, 15) is 4.39 Å². The predicted octanol–water partition coefficient (Wildman–Crippen LogP) is -0.326. The zero-order chi connectivity index (χ0) is 9.68. The van der Waals surface area contributed by atoms with Gasteiger partial charge in [-0.05, 0) is 12.3 Å². The second kappa shape index (κ2) is 9.42. The maximum Gasteiger partial charge on any atom is 2.00 e. The van der Waals surface area contributed by atoms with Crippen molar-refractivity contribution >= 4 is 23.1 Å². The molecule has 0 atom stereocenters. The van der Waals surface area contributed by atoms with Gasteiger partial charge in [-0.2, -0.15) is 6.07 Å². The number of halogens is 2. The third-order valence-electron chi connectivity index (χ3n) is 1.69. The van der Waals surface area contributed by atoms with E-state index in [-0.39, 0.29) is 45.9 Å². The molecule has 0 fully saturated rings. The summed E-state index contributed by atoms with van der Waals surface area (Å²) in [4.78, 5) is 0. The summed E-state index contributed by atoms with van der Waals surface area (Å²) in [6.45, 7) is 4.89. The molecule has 15 heavy (non-hydrogen) atoms. The Balaban J connectivity index is 0. The fraction of sp³-hybridized carbons (Fsp3) is 0.455. The van der Waals surface area contributed by atoms with Crippen LogP contribution in [0.5, 0.6) is 5.75 Å². The van der Waals surface area contributed by atoms with Crippen molar-refractivity contribution in [2.24, 2.45) is 5.92 Å². The maximum atomic E-state index is 12.6. The molecule has 0 saturated carbocycles. The summed E-state index contributed by atoms with van der Waals surface area (Å²) in [5, 5.41) is 0. The van der Waals surface area contributed by atoms with Crippen molar-refractivity contribution in [3.8, 4) is 5.75 Å². The second-order valence-corrected chi connectivity index (χ2v) is 3.42. The first-order valence-electron chi connectivity index (χ1n) is 4.48. The van der Waals surface area contributed by atoms with Gasteiger partial charge in [-0.3, -0.25) is 4.39 Å². The molecular formula is C11H14BrFMgO. The van der Waals surface area contributed by atoms with Crippen LogP contribution in [0.15, 0.2) is 18.2 Å². The van der Waals surface area contributed by atoms with E-state index in [4.69, 9.17) is 4.74 Å². The van der Waals surface area contributed by atoms with Gasteiger partial charge in [0.25, 0.3) is 0 Å². The van der Waals surface area contributed by atoms with Gasteiger partial charge in [0.1, 0.15) is 0 Å². The normalized spacial score (nSPS) is 9.07. The van der Waals surface area contributed by atoms with Crippen molar-refractivity contribution < 1.29 is 26.1 Å². The first-order valence-corrected chi connectivity index (χ1v) is 4.48. The number of hydrogen-bond acceptors (Lipinski definition) is 1. The summed E-state index contributed by atoms with van der Waals surface area (Å²) >= 11 is 0. The Morgan fingerprint density at radius 2 is 2.07 bits per heavy atom. The summed E-state index contributed by atoms with van der Waals surface area (Å²) in [5.74, 6) is 0.861. The monoisotopic (exact) mass is 284 g/mol. The molecule has 0 spiro atoms. The Labute approximate surface area is 117 Å². The van der Waals surface area contributed by atoms with Crippen molar-refractivity contribution in [3.63, 3.8) is 0 Å². The average molecular weight is 285 g/mol. The largest absolute Gasteiger partial charge is 2.00 e. The Kier molecular flexibility index (Phi) is 11.0. The van der Waals surface area contributed by atoms with Crippen LogP contribution in [0.1, 0.15) is 20.3 Å². The molecule has 1 rings (SSSR count). The Morgan fingerprint density at radius 3 is 2.60 bits per heavy atom. The number of ether oxygens (including phenoxy) is 1. The van der Waals surface area contributed by atoms with Gasteiger partial charge in [0.2, 0.25) is 0 Å². The molecule has 0 aliphatic rings. The predicted molar refractivity (Wildman–Crippen MR) is 55.9 cm³/mol. The summed E-state index contributed by atoms with van der Waals surface area (Å²) in [6, 6.07) is 6.97. The van der Waals surface area contributed by atoms with E-state index in [1.807, 2.05) is 0 Å². The van der Waals surface area contributed by atoms with Crippen LogP contribution in [0.2, 0.25) is 0 Å². The third kappa shape index (κ3) is 8.05. The fourth-order valence-corrected chi connectivity index (χ4v) is 0.918. The van der Waals surface area contributed by atoms with E-state index in [1.165, 1.54) is 12.1 Å². The molecular weight excluding hydrogens is 271 g/mol. The molecule has 0 aromatic heterocycles. The third-order valence-corrected chi connectivity index (χ3v) is 1.69. The average Bonchev–Trinajstić information content (AvgIpc) is 2.03. The van der Waals surface area contributed by atoms with E-state index < -0.39 is 0 Å². The van der Waals surface area contributed by atoms with Gasteiger partial charge < -0.3 is 21.7 Å². The van der Waals surface area contributed by atoms with Crippen molar-refractivity contribution in [2.75, 3.05) is 6.61 Å². The van der Waals surface area contributed by atoms with Crippen LogP contribution >= 0.6 is 0 Å². The molecule has 0 radical (unpaired) electrons. The van der Waals surface area contributed by atoms with Crippen LogP contribution in [0.4, 0.5) is 4.39 Å². The minimum Gasteiger partial charge on any atom is -1.00 e. The van der Waals surface area contributed by atoms with Gasteiger partial charge in [0, 0.05) is 11.6 Å². The summed E-state index contributed by atoms with van der Waals surface area (Å²) in [7, 11) is 0.